The molecule has 8 heteroatoms. The van der Waals surface area contributed by atoms with Gasteiger partial charge in [-0.3, -0.25) is 0 Å². The summed E-state index contributed by atoms with van der Waals surface area (Å²) in [7, 11) is -3.58. The Bertz CT molecular complexity index is 418. The Labute approximate surface area is 85.7 Å². The zero-order valence-electron chi connectivity index (χ0n) is 7.76. The Morgan fingerprint density at radius 2 is 2.07 bits per heavy atom. The molecule has 1 aromatic heterocycles. The summed E-state index contributed by atoms with van der Waals surface area (Å²) in [5.74, 6) is -0.394. The van der Waals surface area contributed by atoms with E-state index >= 15 is 0 Å². The third-order valence-electron chi connectivity index (χ3n) is 1.23. The zero-order chi connectivity index (χ0) is 11.0. The Morgan fingerprint density at radius 3 is 2.43 bits per heavy atom. The van der Waals surface area contributed by atoms with Gasteiger partial charge in [0, 0.05) is 0 Å². The predicted molar refractivity (Wildman–Crippen MR) is 52.7 cm³/mol. The Balaban J connectivity index is 2.98. The highest BCUT2D eigenvalue weighted by Gasteiger charge is 2.28. The number of aromatic nitrogens is 2. The fourth-order valence-electron chi connectivity index (χ4n) is 0.873. The van der Waals surface area contributed by atoms with E-state index in [9.17, 15) is 13.5 Å². The molecule has 0 fully saturated rings. The molecule has 14 heavy (non-hydrogen) atoms. The number of nitrogens with zero attached hydrogens (tertiary/aromatic N) is 2. The van der Waals surface area contributed by atoms with Gasteiger partial charge in [0.25, 0.3) is 0 Å². The quantitative estimate of drug-likeness (QED) is 0.745. The lowest BCUT2D eigenvalue weighted by molar-refractivity contribution is 0.105. The van der Waals surface area contributed by atoms with Crippen LogP contribution in [0.25, 0.3) is 0 Å². The van der Waals surface area contributed by atoms with Gasteiger partial charge in [0.05, 0.1) is 11.4 Å². The molecular formula is C6H11N3O3S2. The number of hydrogen-bond acceptors (Lipinski definition) is 7. The molecule has 0 atom stereocenters. The highest BCUT2D eigenvalue weighted by molar-refractivity contribution is 7.93. The van der Waals surface area contributed by atoms with E-state index in [0.29, 0.717) is 0 Å². The fourth-order valence-corrected chi connectivity index (χ4v) is 3.37. The summed E-state index contributed by atoms with van der Waals surface area (Å²) in [4.78, 5) is 0. The van der Waals surface area contributed by atoms with Crippen LogP contribution >= 0.6 is 11.3 Å². The predicted octanol–water partition coefficient (Wildman–Crippen LogP) is -0.335. The topological polar surface area (TPSA) is 106 Å². The number of aliphatic hydroxyl groups is 1. The van der Waals surface area contributed by atoms with Crippen LogP contribution in [0, 0.1) is 0 Å². The van der Waals surface area contributed by atoms with Crippen LogP contribution in [0.2, 0.25) is 0 Å². The first-order valence-electron chi connectivity index (χ1n) is 3.75. The maximum atomic E-state index is 11.6. The van der Waals surface area contributed by atoms with Crippen molar-refractivity contribution in [3.8, 4) is 0 Å². The van der Waals surface area contributed by atoms with Crippen molar-refractivity contribution in [3.05, 3.63) is 0 Å². The molecule has 0 aliphatic carbocycles. The average molecular weight is 237 g/mol. The second-order valence-corrected chi connectivity index (χ2v) is 6.65. The molecule has 0 saturated heterocycles. The van der Waals surface area contributed by atoms with Gasteiger partial charge in [0.15, 0.2) is 0 Å². The maximum Gasteiger partial charge on any atom is 0.234 e. The summed E-state index contributed by atoms with van der Waals surface area (Å²) in [5.41, 5.74) is 3.96. The number of rotatable bonds is 3. The van der Waals surface area contributed by atoms with E-state index in [4.69, 9.17) is 5.73 Å². The van der Waals surface area contributed by atoms with Gasteiger partial charge in [-0.2, -0.15) is 0 Å². The van der Waals surface area contributed by atoms with Crippen LogP contribution in [0.15, 0.2) is 4.34 Å². The van der Waals surface area contributed by atoms with Gasteiger partial charge in [0.2, 0.25) is 19.3 Å². The lowest BCUT2D eigenvalue weighted by Crippen LogP contribution is -2.30. The van der Waals surface area contributed by atoms with E-state index in [1.807, 2.05) is 0 Å². The van der Waals surface area contributed by atoms with Gasteiger partial charge in [0.1, 0.15) is 0 Å². The maximum absolute atomic E-state index is 11.6. The molecule has 0 saturated carbocycles. The van der Waals surface area contributed by atoms with Crippen molar-refractivity contribution in [1.29, 1.82) is 0 Å². The monoisotopic (exact) mass is 237 g/mol. The minimum atomic E-state index is -3.58. The van der Waals surface area contributed by atoms with Gasteiger partial charge >= 0.3 is 0 Å². The second-order valence-electron chi connectivity index (χ2n) is 3.48. The minimum Gasteiger partial charge on any atom is -0.389 e. The van der Waals surface area contributed by atoms with Crippen molar-refractivity contribution in [2.75, 3.05) is 11.5 Å². The van der Waals surface area contributed by atoms with Crippen molar-refractivity contribution >= 4 is 26.3 Å². The smallest absolute Gasteiger partial charge is 0.234 e. The Morgan fingerprint density at radius 1 is 1.50 bits per heavy atom. The normalized spacial score (nSPS) is 13.1. The highest BCUT2D eigenvalue weighted by Crippen LogP contribution is 2.20. The van der Waals surface area contributed by atoms with Crippen molar-refractivity contribution in [2.45, 2.75) is 23.8 Å². The third-order valence-corrected chi connectivity index (χ3v) is 4.49. The molecule has 3 N–H and O–H groups in total. The Kier molecular flexibility index (Phi) is 2.79. The van der Waals surface area contributed by atoms with E-state index in [0.717, 1.165) is 11.3 Å². The molecule has 0 aromatic carbocycles. The number of anilines is 1. The van der Waals surface area contributed by atoms with Crippen molar-refractivity contribution in [3.63, 3.8) is 0 Å². The molecule has 1 aromatic rings. The van der Waals surface area contributed by atoms with E-state index in [1.54, 1.807) is 0 Å². The van der Waals surface area contributed by atoms with Gasteiger partial charge in [-0.1, -0.05) is 11.3 Å². The molecule has 0 aliphatic heterocycles. The molecule has 0 unspecified atom stereocenters. The van der Waals surface area contributed by atoms with Crippen LogP contribution in [-0.2, 0) is 9.84 Å². The van der Waals surface area contributed by atoms with E-state index < -0.39 is 21.2 Å². The first kappa shape index (κ1) is 11.3. The van der Waals surface area contributed by atoms with Gasteiger partial charge in [-0.25, -0.2) is 8.42 Å². The van der Waals surface area contributed by atoms with Crippen LogP contribution in [0.4, 0.5) is 5.13 Å². The van der Waals surface area contributed by atoms with Gasteiger partial charge in [-0.15, -0.1) is 10.2 Å². The molecule has 80 valence electrons. The van der Waals surface area contributed by atoms with Crippen molar-refractivity contribution < 1.29 is 13.5 Å². The first-order valence-corrected chi connectivity index (χ1v) is 6.22. The molecule has 1 heterocycles. The van der Waals surface area contributed by atoms with Crippen LogP contribution in [-0.4, -0.2) is 35.1 Å². The molecular weight excluding hydrogens is 226 g/mol. The average Bonchev–Trinajstić information content (AvgIpc) is 2.29. The van der Waals surface area contributed by atoms with Gasteiger partial charge < -0.3 is 10.8 Å². The minimum absolute atomic E-state index is 0.0966. The molecule has 0 bridgehead atoms. The summed E-state index contributed by atoms with van der Waals surface area (Å²) < 4.78 is 23.0. The van der Waals surface area contributed by atoms with Gasteiger partial charge in [-0.05, 0) is 13.8 Å². The number of nitrogen functional groups attached to an aromatic ring is 1. The zero-order valence-corrected chi connectivity index (χ0v) is 9.39. The fraction of sp³-hybridized carbons (Fsp3) is 0.667. The largest absolute Gasteiger partial charge is 0.389 e. The Hall–Kier alpha value is -0.730. The van der Waals surface area contributed by atoms with Crippen molar-refractivity contribution in [2.24, 2.45) is 0 Å². The number of hydrogen-bond donors (Lipinski definition) is 2. The van der Waals surface area contributed by atoms with Crippen LogP contribution < -0.4 is 5.73 Å². The standard InChI is InChI=1S/C6H11N3O3S2/c1-6(2,10)3-14(11,12)5-9-8-4(7)13-5/h10H,3H2,1-2H3,(H2,7,8). The summed E-state index contributed by atoms with van der Waals surface area (Å²) >= 11 is 0.792. The summed E-state index contributed by atoms with van der Waals surface area (Å²) in [6, 6.07) is 0. The van der Waals surface area contributed by atoms with E-state index in [-0.39, 0.29) is 9.47 Å². The molecule has 0 amide bonds. The second kappa shape index (κ2) is 3.44. The molecule has 0 spiro atoms. The van der Waals surface area contributed by atoms with Crippen LogP contribution in [0.5, 0.6) is 0 Å². The van der Waals surface area contributed by atoms with Crippen LogP contribution in [0.3, 0.4) is 0 Å². The van der Waals surface area contributed by atoms with E-state index in [2.05, 4.69) is 10.2 Å². The van der Waals surface area contributed by atoms with Crippen molar-refractivity contribution in [1.82, 2.24) is 10.2 Å². The molecule has 6 nitrogen and oxygen atoms in total. The highest BCUT2D eigenvalue weighted by atomic mass is 32.2. The molecule has 0 aliphatic rings. The summed E-state index contributed by atoms with van der Waals surface area (Å²) in [6.45, 7) is 2.82. The molecule has 1 rings (SSSR count). The lowest BCUT2D eigenvalue weighted by atomic mass is 10.2. The van der Waals surface area contributed by atoms with Crippen LogP contribution in [0.1, 0.15) is 13.8 Å². The summed E-state index contributed by atoms with van der Waals surface area (Å²) in [6.07, 6.45) is 0. The third kappa shape index (κ3) is 2.89. The number of nitrogens with two attached hydrogens (primary N) is 1. The molecule has 0 radical (unpaired) electrons. The number of sulfone groups is 1. The lowest BCUT2D eigenvalue weighted by Gasteiger charge is -2.15. The SMILES string of the molecule is CC(C)(O)CS(=O)(=O)c1nnc(N)s1. The first-order chi connectivity index (χ1) is 6.21. The summed E-state index contributed by atoms with van der Waals surface area (Å²) in [5, 5.41) is 16.3. The van der Waals surface area contributed by atoms with E-state index in [1.165, 1.54) is 13.8 Å².